The van der Waals surface area contributed by atoms with Crippen molar-refractivity contribution in [1.29, 1.82) is 0 Å². The van der Waals surface area contributed by atoms with Gasteiger partial charge in [0.2, 0.25) is 0 Å². The summed E-state index contributed by atoms with van der Waals surface area (Å²) >= 11 is 0. The molecule has 1 aromatic carbocycles. The third-order valence-corrected chi connectivity index (χ3v) is 3.15. The van der Waals surface area contributed by atoms with Gasteiger partial charge < -0.3 is 24.8 Å². The highest BCUT2D eigenvalue weighted by molar-refractivity contribution is 5.79. The quantitative estimate of drug-likeness (QED) is 0.367. The van der Waals surface area contributed by atoms with Crippen molar-refractivity contribution in [2.24, 2.45) is 4.99 Å². The topological polar surface area (TPSA) is 64.1 Å². The van der Waals surface area contributed by atoms with Crippen LogP contribution in [0.4, 0.5) is 0 Å². The van der Waals surface area contributed by atoms with Crippen molar-refractivity contribution in [3.8, 4) is 5.75 Å². The molecule has 24 heavy (non-hydrogen) atoms. The van der Waals surface area contributed by atoms with Crippen LogP contribution in [0, 0.1) is 6.92 Å². The fourth-order valence-electron chi connectivity index (χ4n) is 2.01. The molecule has 0 fully saturated rings. The van der Waals surface area contributed by atoms with E-state index in [0.717, 1.165) is 18.3 Å². The second-order valence-electron chi connectivity index (χ2n) is 5.50. The zero-order valence-electron chi connectivity index (χ0n) is 15.3. The minimum absolute atomic E-state index is 0.000194. The lowest BCUT2D eigenvalue weighted by Gasteiger charge is -2.15. The fourth-order valence-corrected chi connectivity index (χ4v) is 2.01. The number of aryl methyl sites for hydroxylation is 1. The normalized spacial score (nSPS) is 12.8. The summed E-state index contributed by atoms with van der Waals surface area (Å²) in [7, 11) is 1.66. The minimum Gasteiger partial charge on any atom is -0.489 e. The first-order valence-electron chi connectivity index (χ1n) is 8.48. The lowest BCUT2D eigenvalue weighted by molar-refractivity contribution is 0.0733. The van der Waals surface area contributed by atoms with Gasteiger partial charge in [-0.15, -0.1) is 0 Å². The zero-order valence-corrected chi connectivity index (χ0v) is 15.3. The van der Waals surface area contributed by atoms with Gasteiger partial charge in [0.05, 0.1) is 26.4 Å². The van der Waals surface area contributed by atoms with Crippen LogP contribution < -0.4 is 15.4 Å². The van der Waals surface area contributed by atoms with Crippen molar-refractivity contribution in [1.82, 2.24) is 10.6 Å². The summed E-state index contributed by atoms with van der Waals surface area (Å²) in [5, 5.41) is 6.46. The van der Waals surface area contributed by atoms with Crippen LogP contribution in [-0.4, -0.2) is 58.6 Å². The maximum Gasteiger partial charge on any atom is 0.191 e. The number of aliphatic imine (C=N–C) groups is 1. The third-order valence-electron chi connectivity index (χ3n) is 3.15. The Kier molecular flexibility index (Phi) is 10.6. The van der Waals surface area contributed by atoms with Crippen molar-refractivity contribution in [2.75, 3.05) is 46.6 Å². The molecule has 6 heteroatoms. The maximum absolute atomic E-state index is 5.89. The van der Waals surface area contributed by atoms with Crippen LogP contribution in [0.15, 0.2) is 29.3 Å². The number of nitrogens with one attached hydrogen (secondary N) is 2. The molecule has 1 aromatic rings. The van der Waals surface area contributed by atoms with Gasteiger partial charge in [-0.3, -0.25) is 0 Å². The van der Waals surface area contributed by atoms with Crippen molar-refractivity contribution >= 4 is 5.96 Å². The van der Waals surface area contributed by atoms with Gasteiger partial charge in [-0.25, -0.2) is 4.99 Å². The summed E-state index contributed by atoms with van der Waals surface area (Å²) < 4.78 is 16.2. The van der Waals surface area contributed by atoms with Crippen LogP contribution >= 0.6 is 0 Å². The second kappa shape index (κ2) is 12.6. The second-order valence-corrected chi connectivity index (χ2v) is 5.50. The standard InChI is InChI=1S/C18H31N3O3/c1-5-19-18(20-9-10-23-12-11-22-4)21-14-16(3)24-17-8-6-7-15(2)13-17/h6-8,13,16H,5,9-12,14H2,1-4H3,(H2,19,20,21). The number of hydrogen-bond acceptors (Lipinski definition) is 4. The number of rotatable bonds is 11. The van der Waals surface area contributed by atoms with Gasteiger partial charge >= 0.3 is 0 Å². The molecule has 2 N–H and O–H groups in total. The van der Waals surface area contributed by atoms with Crippen LogP contribution in [0.25, 0.3) is 0 Å². The Balaban J connectivity index is 2.35. The van der Waals surface area contributed by atoms with Crippen molar-refractivity contribution in [2.45, 2.75) is 26.9 Å². The molecule has 1 rings (SSSR count). The highest BCUT2D eigenvalue weighted by Gasteiger charge is 2.05. The Hall–Kier alpha value is -1.79. The first kappa shape index (κ1) is 20.3. The average molecular weight is 337 g/mol. The summed E-state index contributed by atoms with van der Waals surface area (Å²) in [6, 6.07) is 8.04. The summed E-state index contributed by atoms with van der Waals surface area (Å²) in [5.74, 6) is 1.65. The van der Waals surface area contributed by atoms with Crippen LogP contribution in [0.1, 0.15) is 19.4 Å². The van der Waals surface area contributed by atoms with Gasteiger partial charge in [0.25, 0.3) is 0 Å². The highest BCUT2D eigenvalue weighted by atomic mass is 16.5. The van der Waals surface area contributed by atoms with E-state index in [1.165, 1.54) is 5.56 Å². The predicted molar refractivity (Wildman–Crippen MR) is 97.9 cm³/mol. The van der Waals surface area contributed by atoms with Gasteiger partial charge in [-0.1, -0.05) is 12.1 Å². The third kappa shape index (κ3) is 9.37. The molecule has 0 aliphatic heterocycles. The van der Waals surface area contributed by atoms with Crippen LogP contribution in [0.2, 0.25) is 0 Å². The van der Waals surface area contributed by atoms with Crippen LogP contribution in [0.3, 0.4) is 0 Å². The monoisotopic (exact) mass is 337 g/mol. The Bertz CT molecular complexity index is 480. The van der Waals surface area contributed by atoms with Gasteiger partial charge in [0.15, 0.2) is 5.96 Å². The number of ether oxygens (including phenoxy) is 3. The molecule has 0 heterocycles. The zero-order chi connectivity index (χ0) is 17.6. The number of methoxy groups -OCH3 is 1. The molecule has 1 atom stereocenters. The number of benzene rings is 1. The number of hydrogen-bond donors (Lipinski definition) is 2. The molecule has 0 aliphatic carbocycles. The summed E-state index contributed by atoms with van der Waals surface area (Å²) in [6.07, 6.45) is 0.000194. The average Bonchev–Trinajstić information content (AvgIpc) is 2.55. The predicted octanol–water partition coefficient (Wildman–Crippen LogP) is 1.98. The van der Waals surface area contributed by atoms with E-state index in [-0.39, 0.29) is 6.10 Å². The van der Waals surface area contributed by atoms with Crippen molar-refractivity contribution < 1.29 is 14.2 Å². The molecule has 136 valence electrons. The molecule has 0 aliphatic rings. The van der Waals surface area contributed by atoms with Crippen LogP contribution in [-0.2, 0) is 9.47 Å². The first-order chi connectivity index (χ1) is 11.7. The molecule has 0 aromatic heterocycles. The Morgan fingerprint density at radius 1 is 1.21 bits per heavy atom. The highest BCUT2D eigenvalue weighted by Crippen LogP contribution is 2.14. The summed E-state index contributed by atoms with van der Waals surface area (Å²) in [6.45, 7) is 10.0. The Morgan fingerprint density at radius 2 is 2.04 bits per heavy atom. The number of nitrogens with zero attached hydrogens (tertiary/aromatic N) is 1. The molecule has 0 amide bonds. The summed E-state index contributed by atoms with van der Waals surface area (Å²) in [4.78, 5) is 4.56. The molecule has 6 nitrogen and oxygen atoms in total. The van der Waals surface area contributed by atoms with Gasteiger partial charge in [0, 0.05) is 20.2 Å². The molecule has 1 unspecified atom stereocenters. The smallest absolute Gasteiger partial charge is 0.191 e. The SMILES string of the molecule is CCNC(=NCC(C)Oc1cccc(C)c1)NCCOCCOC. The van der Waals surface area contributed by atoms with E-state index in [4.69, 9.17) is 14.2 Å². The fraction of sp³-hybridized carbons (Fsp3) is 0.611. The minimum atomic E-state index is 0.000194. The van der Waals surface area contributed by atoms with E-state index in [0.29, 0.717) is 32.9 Å². The van der Waals surface area contributed by atoms with E-state index >= 15 is 0 Å². The molecule has 0 saturated carbocycles. The maximum atomic E-state index is 5.89. The number of guanidine groups is 1. The molecule has 0 bridgehead atoms. The van der Waals surface area contributed by atoms with E-state index in [2.05, 4.69) is 28.6 Å². The van der Waals surface area contributed by atoms with Gasteiger partial charge in [-0.2, -0.15) is 0 Å². The van der Waals surface area contributed by atoms with E-state index in [1.807, 2.05) is 32.0 Å². The molecule has 0 radical (unpaired) electrons. The molecule has 0 spiro atoms. The molecular weight excluding hydrogens is 306 g/mol. The van der Waals surface area contributed by atoms with E-state index < -0.39 is 0 Å². The van der Waals surface area contributed by atoms with E-state index in [1.54, 1.807) is 7.11 Å². The van der Waals surface area contributed by atoms with Gasteiger partial charge in [0.1, 0.15) is 11.9 Å². The largest absolute Gasteiger partial charge is 0.489 e. The van der Waals surface area contributed by atoms with Crippen molar-refractivity contribution in [3.05, 3.63) is 29.8 Å². The molecular formula is C18H31N3O3. The Morgan fingerprint density at radius 3 is 2.75 bits per heavy atom. The lowest BCUT2D eigenvalue weighted by Crippen LogP contribution is -2.39. The van der Waals surface area contributed by atoms with E-state index in [9.17, 15) is 0 Å². The lowest BCUT2D eigenvalue weighted by atomic mass is 10.2. The molecule has 0 saturated heterocycles. The first-order valence-corrected chi connectivity index (χ1v) is 8.48. The summed E-state index contributed by atoms with van der Waals surface area (Å²) in [5.41, 5.74) is 1.19. The van der Waals surface area contributed by atoms with Gasteiger partial charge in [-0.05, 0) is 38.5 Å². The van der Waals surface area contributed by atoms with Crippen LogP contribution in [0.5, 0.6) is 5.75 Å². The van der Waals surface area contributed by atoms with Crippen molar-refractivity contribution in [3.63, 3.8) is 0 Å². The Labute approximate surface area is 145 Å².